The molecule has 0 bridgehead atoms. The molecule has 1 unspecified atom stereocenters. The smallest absolute Gasteiger partial charge is 0.329 e. The van der Waals surface area contributed by atoms with Crippen molar-refractivity contribution in [1.29, 1.82) is 0 Å². The molecule has 1 aromatic carbocycles. The van der Waals surface area contributed by atoms with E-state index in [4.69, 9.17) is 0 Å². The lowest BCUT2D eigenvalue weighted by atomic mass is 9.89. The zero-order chi connectivity index (χ0) is 14.5. The van der Waals surface area contributed by atoms with Gasteiger partial charge in [-0.05, 0) is 43.5 Å². The van der Waals surface area contributed by atoms with Crippen molar-refractivity contribution < 1.29 is 14.3 Å². The van der Waals surface area contributed by atoms with Crippen LogP contribution in [0.2, 0.25) is 0 Å². The van der Waals surface area contributed by atoms with Gasteiger partial charge < -0.3 is 10.4 Å². The number of unbranched alkanes of at least 4 members (excludes halogenated alkanes) is 1. The molecule has 1 aromatic rings. The van der Waals surface area contributed by atoms with E-state index in [1.54, 1.807) is 13.0 Å². The standard InChI is InChI=1S/C15H22FNO2/c1-4-6-7-15(5-2,14(18)19)17-13-9-11(3)8-12(16)10-13/h8-10,17H,4-7H2,1-3H3,(H,18,19). The first kappa shape index (κ1) is 15.5. The molecule has 106 valence electrons. The molecule has 0 amide bonds. The molecule has 0 fully saturated rings. The predicted molar refractivity (Wildman–Crippen MR) is 74.9 cm³/mol. The molecule has 4 heteroatoms. The van der Waals surface area contributed by atoms with E-state index >= 15 is 0 Å². The van der Waals surface area contributed by atoms with Crippen LogP contribution >= 0.6 is 0 Å². The van der Waals surface area contributed by atoms with Gasteiger partial charge in [-0.15, -0.1) is 0 Å². The number of carboxylic acid groups (broad SMARTS) is 1. The maximum atomic E-state index is 13.4. The lowest BCUT2D eigenvalue weighted by Crippen LogP contribution is -2.45. The molecule has 0 saturated heterocycles. The topological polar surface area (TPSA) is 49.3 Å². The minimum absolute atomic E-state index is 0.353. The Kier molecular flexibility index (Phi) is 5.33. The van der Waals surface area contributed by atoms with Gasteiger partial charge in [0.15, 0.2) is 0 Å². The lowest BCUT2D eigenvalue weighted by molar-refractivity contribution is -0.142. The summed E-state index contributed by atoms with van der Waals surface area (Å²) in [6, 6.07) is 4.53. The molecule has 19 heavy (non-hydrogen) atoms. The first-order valence-electron chi connectivity index (χ1n) is 6.72. The second kappa shape index (κ2) is 6.55. The number of anilines is 1. The predicted octanol–water partition coefficient (Wildman–Crippen LogP) is 3.97. The maximum absolute atomic E-state index is 13.4. The molecule has 0 aromatic heterocycles. The van der Waals surface area contributed by atoms with Crippen LogP contribution in [-0.2, 0) is 4.79 Å². The lowest BCUT2D eigenvalue weighted by Gasteiger charge is -2.30. The number of carboxylic acids is 1. The third-order valence-electron chi connectivity index (χ3n) is 3.40. The van der Waals surface area contributed by atoms with Crippen molar-refractivity contribution in [2.75, 3.05) is 5.32 Å². The number of aliphatic carboxylic acids is 1. The Bertz CT molecular complexity index is 428. The van der Waals surface area contributed by atoms with Crippen LogP contribution < -0.4 is 5.32 Å². The van der Waals surface area contributed by atoms with E-state index in [0.29, 0.717) is 18.5 Å². The van der Waals surface area contributed by atoms with Gasteiger partial charge in [0.2, 0.25) is 0 Å². The monoisotopic (exact) mass is 267 g/mol. The highest BCUT2D eigenvalue weighted by molar-refractivity contribution is 5.82. The summed E-state index contributed by atoms with van der Waals surface area (Å²) < 4.78 is 13.4. The Labute approximate surface area is 113 Å². The van der Waals surface area contributed by atoms with Crippen molar-refractivity contribution in [2.24, 2.45) is 0 Å². The summed E-state index contributed by atoms with van der Waals surface area (Å²) in [6.07, 6.45) is 2.74. The van der Waals surface area contributed by atoms with E-state index in [9.17, 15) is 14.3 Å². The van der Waals surface area contributed by atoms with Gasteiger partial charge in [-0.25, -0.2) is 9.18 Å². The van der Waals surface area contributed by atoms with Crippen LogP contribution in [0, 0.1) is 12.7 Å². The Balaban J connectivity index is 3.02. The van der Waals surface area contributed by atoms with Gasteiger partial charge in [-0.3, -0.25) is 0 Å². The van der Waals surface area contributed by atoms with Gasteiger partial charge in [0.1, 0.15) is 11.4 Å². The number of rotatable bonds is 7. The molecule has 0 radical (unpaired) electrons. The summed E-state index contributed by atoms with van der Waals surface area (Å²) >= 11 is 0. The van der Waals surface area contributed by atoms with Gasteiger partial charge in [0, 0.05) is 5.69 Å². The van der Waals surface area contributed by atoms with E-state index in [1.165, 1.54) is 12.1 Å². The van der Waals surface area contributed by atoms with Gasteiger partial charge in [0.05, 0.1) is 0 Å². The second-order valence-electron chi connectivity index (χ2n) is 4.99. The fourth-order valence-electron chi connectivity index (χ4n) is 2.20. The zero-order valence-electron chi connectivity index (χ0n) is 11.8. The largest absolute Gasteiger partial charge is 0.480 e. The third-order valence-corrected chi connectivity index (χ3v) is 3.40. The van der Waals surface area contributed by atoms with Crippen LogP contribution in [-0.4, -0.2) is 16.6 Å². The van der Waals surface area contributed by atoms with Crippen LogP contribution in [0.25, 0.3) is 0 Å². The molecule has 1 atom stereocenters. The van der Waals surface area contributed by atoms with Crippen LogP contribution in [0.5, 0.6) is 0 Å². The van der Waals surface area contributed by atoms with Crippen LogP contribution in [0.1, 0.15) is 45.1 Å². The maximum Gasteiger partial charge on any atom is 0.329 e. The average Bonchev–Trinajstić information content (AvgIpc) is 2.33. The fraction of sp³-hybridized carbons (Fsp3) is 0.533. The molecule has 0 aliphatic heterocycles. The highest BCUT2D eigenvalue weighted by Crippen LogP contribution is 2.26. The summed E-state index contributed by atoms with van der Waals surface area (Å²) in [5.41, 5.74) is 0.280. The number of halogens is 1. The van der Waals surface area contributed by atoms with Gasteiger partial charge in [-0.1, -0.05) is 26.7 Å². The zero-order valence-corrected chi connectivity index (χ0v) is 11.8. The first-order chi connectivity index (χ1) is 8.93. The summed E-state index contributed by atoms with van der Waals surface area (Å²) in [5.74, 6) is -1.24. The van der Waals surface area contributed by atoms with E-state index in [1.807, 2.05) is 13.8 Å². The molecule has 0 aliphatic carbocycles. The number of aryl methyl sites for hydroxylation is 1. The summed E-state index contributed by atoms with van der Waals surface area (Å²) in [4.78, 5) is 11.6. The van der Waals surface area contributed by atoms with Crippen molar-refractivity contribution in [3.05, 3.63) is 29.6 Å². The summed E-state index contributed by atoms with van der Waals surface area (Å²) in [5, 5.41) is 12.5. The van der Waals surface area contributed by atoms with Crippen LogP contribution in [0.4, 0.5) is 10.1 Å². The Morgan fingerprint density at radius 3 is 2.53 bits per heavy atom. The van der Waals surface area contributed by atoms with Crippen LogP contribution in [0.15, 0.2) is 18.2 Å². The van der Waals surface area contributed by atoms with E-state index in [2.05, 4.69) is 5.32 Å². The van der Waals surface area contributed by atoms with Crippen molar-refractivity contribution in [3.8, 4) is 0 Å². The van der Waals surface area contributed by atoms with Crippen LogP contribution in [0.3, 0.4) is 0 Å². The van der Waals surface area contributed by atoms with E-state index in [-0.39, 0.29) is 5.82 Å². The summed E-state index contributed by atoms with van der Waals surface area (Å²) in [7, 11) is 0. The summed E-state index contributed by atoms with van der Waals surface area (Å²) in [6.45, 7) is 5.65. The Hall–Kier alpha value is -1.58. The van der Waals surface area contributed by atoms with Crippen molar-refractivity contribution >= 4 is 11.7 Å². The molecule has 0 saturated carbocycles. The molecule has 1 rings (SSSR count). The third kappa shape index (κ3) is 3.94. The minimum Gasteiger partial charge on any atom is -0.480 e. The molecular formula is C15H22FNO2. The molecule has 0 spiro atoms. The average molecular weight is 267 g/mol. The minimum atomic E-state index is -1.02. The number of carbonyl (C=O) groups is 1. The molecule has 0 aliphatic rings. The van der Waals surface area contributed by atoms with Crippen molar-refractivity contribution in [3.63, 3.8) is 0 Å². The first-order valence-corrected chi connectivity index (χ1v) is 6.72. The number of nitrogens with one attached hydrogen (secondary N) is 1. The van der Waals surface area contributed by atoms with E-state index < -0.39 is 11.5 Å². The highest BCUT2D eigenvalue weighted by atomic mass is 19.1. The molecular weight excluding hydrogens is 245 g/mol. The normalized spacial score (nSPS) is 13.9. The van der Waals surface area contributed by atoms with Gasteiger partial charge in [0.25, 0.3) is 0 Å². The fourth-order valence-corrected chi connectivity index (χ4v) is 2.20. The SMILES string of the molecule is CCCCC(CC)(Nc1cc(C)cc(F)c1)C(=O)O. The number of benzene rings is 1. The Morgan fingerprint density at radius 1 is 1.37 bits per heavy atom. The molecule has 3 nitrogen and oxygen atoms in total. The van der Waals surface area contributed by atoms with E-state index in [0.717, 1.165) is 18.4 Å². The highest BCUT2D eigenvalue weighted by Gasteiger charge is 2.35. The quantitative estimate of drug-likeness (QED) is 0.786. The van der Waals surface area contributed by atoms with Crippen molar-refractivity contribution in [1.82, 2.24) is 0 Å². The molecule has 2 N–H and O–H groups in total. The van der Waals surface area contributed by atoms with Gasteiger partial charge in [-0.2, -0.15) is 0 Å². The number of hydrogen-bond donors (Lipinski definition) is 2. The van der Waals surface area contributed by atoms with Gasteiger partial charge >= 0.3 is 5.97 Å². The second-order valence-corrected chi connectivity index (χ2v) is 4.99. The number of hydrogen-bond acceptors (Lipinski definition) is 2. The Morgan fingerprint density at radius 2 is 2.05 bits per heavy atom. The van der Waals surface area contributed by atoms with Crippen molar-refractivity contribution in [2.45, 2.75) is 52.0 Å². The molecule has 0 heterocycles.